The Morgan fingerprint density at radius 1 is 1.23 bits per heavy atom. The molecule has 0 saturated heterocycles. The molecule has 0 heterocycles. The van der Waals surface area contributed by atoms with Crippen molar-refractivity contribution in [1.82, 2.24) is 0 Å². The van der Waals surface area contributed by atoms with Crippen molar-refractivity contribution in [3.05, 3.63) is 40.9 Å². The Hall–Kier alpha value is -0.750. The van der Waals surface area contributed by atoms with Crippen LogP contribution >= 0.6 is 11.6 Å². The van der Waals surface area contributed by atoms with Crippen LogP contribution in [0.2, 0.25) is 5.02 Å². The largest absolute Gasteiger partial charge is 0.0843 e. The lowest BCUT2D eigenvalue weighted by Gasteiger charge is -2.04. The maximum atomic E-state index is 5.82. The van der Waals surface area contributed by atoms with Crippen LogP contribution in [0.25, 0.3) is 5.57 Å². The van der Waals surface area contributed by atoms with Crippen molar-refractivity contribution in [3.63, 3.8) is 0 Å². The van der Waals surface area contributed by atoms with Crippen LogP contribution < -0.4 is 0 Å². The quantitative estimate of drug-likeness (QED) is 0.663. The molecule has 13 heavy (non-hydrogen) atoms. The Balaban J connectivity index is 2.92. The molecule has 0 amide bonds. The molecule has 0 spiro atoms. The summed E-state index contributed by atoms with van der Waals surface area (Å²) in [6.45, 7) is 4.33. The minimum Gasteiger partial charge on any atom is -0.0843 e. The molecule has 70 valence electrons. The van der Waals surface area contributed by atoms with E-state index in [1.807, 2.05) is 12.1 Å². The molecule has 0 unspecified atom stereocenters. The minimum atomic E-state index is 0.802. The Morgan fingerprint density at radius 3 is 2.31 bits per heavy atom. The standard InChI is InChI=1S/C12H15Cl/c1-3-5-10(4-2)11-6-8-12(13)9-7-11/h5-9H,3-4H2,1-2H3. The molecule has 0 aliphatic carbocycles. The maximum absolute atomic E-state index is 5.82. The van der Waals surface area contributed by atoms with Gasteiger partial charge in [0, 0.05) is 5.02 Å². The van der Waals surface area contributed by atoms with Crippen molar-refractivity contribution >= 4 is 17.2 Å². The predicted octanol–water partition coefficient (Wildman–Crippen LogP) is 4.54. The highest BCUT2D eigenvalue weighted by atomic mass is 35.5. The van der Waals surface area contributed by atoms with E-state index in [4.69, 9.17) is 11.6 Å². The van der Waals surface area contributed by atoms with Crippen LogP contribution in [0, 0.1) is 0 Å². The molecule has 1 aromatic rings. The van der Waals surface area contributed by atoms with Crippen molar-refractivity contribution in [1.29, 1.82) is 0 Å². The number of benzene rings is 1. The zero-order chi connectivity index (χ0) is 9.68. The molecular weight excluding hydrogens is 180 g/mol. The van der Waals surface area contributed by atoms with E-state index in [9.17, 15) is 0 Å². The van der Waals surface area contributed by atoms with Gasteiger partial charge in [0.1, 0.15) is 0 Å². The summed E-state index contributed by atoms with van der Waals surface area (Å²) in [4.78, 5) is 0. The van der Waals surface area contributed by atoms with Crippen molar-refractivity contribution < 1.29 is 0 Å². The summed E-state index contributed by atoms with van der Waals surface area (Å²) in [6.07, 6.45) is 4.44. The van der Waals surface area contributed by atoms with Gasteiger partial charge in [-0.15, -0.1) is 0 Å². The molecule has 0 fully saturated rings. The first-order valence-corrected chi connectivity index (χ1v) is 5.10. The van der Waals surface area contributed by atoms with Crippen molar-refractivity contribution in [2.75, 3.05) is 0 Å². The van der Waals surface area contributed by atoms with Crippen LogP contribution in [0.3, 0.4) is 0 Å². The Kier molecular flexibility index (Phi) is 4.04. The average Bonchev–Trinajstić information content (AvgIpc) is 2.16. The van der Waals surface area contributed by atoms with Gasteiger partial charge in [-0.2, -0.15) is 0 Å². The third kappa shape index (κ3) is 2.89. The van der Waals surface area contributed by atoms with Crippen molar-refractivity contribution in [2.24, 2.45) is 0 Å². The van der Waals surface area contributed by atoms with E-state index in [0.29, 0.717) is 0 Å². The molecule has 0 N–H and O–H groups in total. The van der Waals surface area contributed by atoms with E-state index in [1.54, 1.807) is 0 Å². The van der Waals surface area contributed by atoms with Gasteiger partial charge in [-0.3, -0.25) is 0 Å². The first-order chi connectivity index (χ1) is 6.27. The zero-order valence-electron chi connectivity index (χ0n) is 8.18. The number of hydrogen-bond acceptors (Lipinski definition) is 0. The van der Waals surface area contributed by atoms with E-state index in [0.717, 1.165) is 17.9 Å². The van der Waals surface area contributed by atoms with Crippen LogP contribution in [-0.4, -0.2) is 0 Å². The lowest BCUT2D eigenvalue weighted by molar-refractivity contribution is 1.17. The minimum absolute atomic E-state index is 0.802. The fourth-order valence-electron chi connectivity index (χ4n) is 1.38. The highest BCUT2D eigenvalue weighted by Gasteiger charge is 1.97. The molecule has 1 aromatic carbocycles. The van der Waals surface area contributed by atoms with Gasteiger partial charge < -0.3 is 0 Å². The predicted molar refractivity (Wildman–Crippen MR) is 60.0 cm³/mol. The lowest BCUT2D eigenvalue weighted by Crippen LogP contribution is -1.81. The SMILES string of the molecule is CCC=C(CC)c1ccc(Cl)cc1. The topological polar surface area (TPSA) is 0 Å². The molecule has 0 atom stereocenters. The van der Waals surface area contributed by atoms with Gasteiger partial charge in [0.2, 0.25) is 0 Å². The second-order valence-electron chi connectivity index (χ2n) is 3.00. The van der Waals surface area contributed by atoms with Gasteiger partial charge in [-0.25, -0.2) is 0 Å². The molecular formula is C12H15Cl. The van der Waals surface area contributed by atoms with Gasteiger partial charge in [0.05, 0.1) is 0 Å². The summed E-state index contributed by atoms with van der Waals surface area (Å²) < 4.78 is 0. The van der Waals surface area contributed by atoms with Crippen LogP contribution in [0.5, 0.6) is 0 Å². The maximum Gasteiger partial charge on any atom is 0.0406 e. The third-order valence-electron chi connectivity index (χ3n) is 2.05. The third-order valence-corrected chi connectivity index (χ3v) is 2.30. The van der Waals surface area contributed by atoms with Gasteiger partial charge in [-0.1, -0.05) is 43.7 Å². The first-order valence-electron chi connectivity index (χ1n) is 4.73. The smallest absolute Gasteiger partial charge is 0.0406 e. The van der Waals surface area contributed by atoms with Crippen LogP contribution in [0.1, 0.15) is 32.3 Å². The Morgan fingerprint density at radius 2 is 1.85 bits per heavy atom. The van der Waals surface area contributed by atoms with E-state index < -0.39 is 0 Å². The number of allylic oxidation sites excluding steroid dienone is 2. The lowest BCUT2D eigenvalue weighted by atomic mass is 10.0. The summed E-state index contributed by atoms with van der Waals surface area (Å²) in [5, 5.41) is 0.802. The van der Waals surface area contributed by atoms with Gasteiger partial charge in [0.15, 0.2) is 0 Å². The second kappa shape index (κ2) is 5.08. The van der Waals surface area contributed by atoms with E-state index in [-0.39, 0.29) is 0 Å². The number of halogens is 1. The fraction of sp³-hybridized carbons (Fsp3) is 0.333. The summed E-state index contributed by atoms with van der Waals surface area (Å²) >= 11 is 5.82. The second-order valence-corrected chi connectivity index (χ2v) is 3.43. The van der Waals surface area contributed by atoms with E-state index >= 15 is 0 Å². The number of rotatable bonds is 3. The Bertz CT molecular complexity index is 282. The highest BCUT2D eigenvalue weighted by molar-refractivity contribution is 6.30. The van der Waals surface area contributed by atoms with Gasteiger partial charge in [0.25, 0.3) is 0 Å². The van der Waals surface area contributed by atoms with Gasteiger partial charge >= 0.3 is 0 Å². The summed E-state index contributed by atoms with van der Waals surface area (Å²) in [7, 11) is 0. The first kappa shape index (κ1) is 10.3. The summed E-state index contributed by atoms with van der Waals surface area (Å²) in [6, 6.07) is 8.03. The normalized spacial score (nSPS) is 11.8. The monoisotopic (exact) mass is 194 g/mol. The summed E-state index contributed by atoms with van der Waals surface area (Å²) in [5.74, 6) is 0. The molecule has 0 aliphatic heterocycles. The number of hydrogen-bond donors (Lipinski definition) is 0. The van der Waals surface area contributed by atoms with Crippen molar-refractivity contribution in [3.8, 4) is 0 Å². The van der Waals surface area contributed by atoms with Crippen LogP contribution in [0.15, 0.2) is 30.3 Å². The van der Waals surface area contributed by atoms with Gasteiger partial charge in [-0.05, 0) is 36.1 Å². The van der Waals surface area contributed by atoms with Crippen molar-refractivity contribution in [2.45, 2.75) is 26.7 Å². The highest BCUT2D eigenvalue weighted by Crippen LogP contribution is 2.20. The molecule has 0 nitrogen and oxygen atoms in total. The Labute approximate surface area is 85.2 Å². The average molecular weight is 195 g/mol. The summed E-state index contributed by atoms with van der Waals surface area (Å²) in [5.41, 5.74) is 2.69. The van der Waals surface area contributed by atoms with Crippen LogP contribution in [0.4, 0.5) is 0 Å². The molecule has 1 rings (SSSR count). The molecule has 0 saturated carbocycles. The van der Waals surface area contributed by atoms with E-state index in [2.05, 4.69) is 32.1 Å². The molecule has 0 bridgehead atoms. The fourth-order valence-corrected chi connectivity index (χ4v) is 1.50. The van der Waals surface area contributed by atoms with E-state index in [1.165, 1.54) is 11.1 Å². The molecule has 0 aromatic heterocycles. The van der Waals surface area contributed by atoms with Crippen LogP contribution in [-0.2, 0) is 0 Å². The molecule has 0 aliphatic rings. The molecule has 0 radical (unpaired) electrons. The zero-order valence-corrected chi connectivity index (χ0v) is 8.93. The molecule has 1 heteroatoms.